The number of nitrogens with zero attached hydrogens (tertiary/aromatic N) is 3. The Kier molecular flexibility index (Phi) is 4.67. The first kappa shape index (κ1) is 18.4. The van der Waals surface area contributed by atoms with Crippen LogP contribution < -0.4 is 5.32 Å². The van der Waals surface area contributed by atoms with Crippen LogP contribution in [-0.4, -0.2) is 20.7 Å². The molecule has 1 atom stereocenters. The van der Waals surface area contributed by atoms with Gasteiger partial charge in [0, 0.05) is 0 Å². The van der Waals surface area contributed by atoms with Gasteiger partial charge in [0.2, 0.25) is 5.82 Å². The van der Waals surface area contributed by atoms with Gasteiger partial charge in [0.25, 0.3) is 5.91 Å². The number of hydrogen-bond acceptors (Lipinski definition) is 4. The van der Waals surface area contributed by atoms with Crippen molar-refractivity contribution in [3.05, 3.63) is 89.4 Å². The van der Waals surface area contributed by atoms with E-state index in [4.69, 9.17) is 4.42 Å². The average Bonchev–Trinajstić information content (AvgIpc) is 3.45. The van der Waals surface area contributed by atoms with Crippen LogP contribution in [0.5, 0.6) is 0 Å². The van der Waals surface area contributed by atoms with Crippen LogP contribution in [0.4, 0.5) is 0 Å². The van der Waals surface area contributed by atoms with E-state index in [1.807, 2.05) is 49.4 Å². The van der Waals surface area contributed by atoms with Crippen molar-refractivity contribution in [1.82, 2.24) is 20.1 Å². The zero-order valence-electron chi connectivity index (χ0n) is 16.7. The molecule has 0 aliphatic heterocycles. The molecular weight excluding hydrogens is 376 g/mol. The van der Waals surface area contributed by atoms with E-state index in [2.05, 4.69) is 27.5 Å². The Hall–Kier alpha value is -3.67. The highest BCUT2D eigenvalue weighted by Gasteiger charge is 2.25. The Morgan fingerprint density at radius 1 is 1.10 bits per heavy atom. The SMILES string of the molecule is Cc1ccc(-n2nc(C(=O)N[C@H]3CCCc4ccccc43)nc2-c2ccco2)cc1. The minimum atomic E-state index is -0.282. The summed E-state index contributed by atoms with van der Waals surface area (Å²) in [6.45, 7) is 2.03. The molecule has 150 valence electrons. The molecule has 1 N–H and O–H groups in total. The molecule has 0 unspecified atom stereocenters. The molecule has 4 aromatic rings. The summed E-state index contributed by atoms with van der Waals surface area (Å²) in [5, 5.41) is 7.65. The fourth-order valence-electron chi connectivity index (χ4n) is 3.97. The van der Waals surface area contributed by atoms with E-state index in [1.54, 1.807) is 17.0 Å². The average molecular weight is 398 g/mol. The second kappa shape index (κ2) is 7.63. The maximum Gasteiger partial charge on any atom is 0.291 e. The summed E-state index contributed by atoms with van der Waals surface area (Å²) in [7, 11) is 0. The van der Waals surface area contributed by atoms with Gasteiger partial charge in [-0.15, -0.1) is 5.10 Å². The molecule has 0 spiro atoms. The second-order valence-corrected chi connectivity index (χ2v) is 7.60. The molecule has 0 bridgehead atoms. The van der Waals surface area contributed by atoms with Crippen LogP contribution >= 0.6 is 0 Å². The van der Waals surface area contributed by atoms with E-state index >= 15 is 0 Å². The normalized spacial score (nSPS) is 15.6. The number of rotatable bonds is 4. The highest BCUT2D eigenvalue weighted by atomic mass is 16.3. The summed E-state index contributed by atoms with van der Waals surface area (Å²) in [6.07, 6.45) is 4.59. The summed E-state index contributed by atoms with van der Waals surface area (Å²) >= 11 is 0. The van der Waals surface area contributed by atoms with Crippen LogP contribution in [-0.2, 0) is 6.42 Å². The van der Waals surface area contributed by atoms with Crippen molar-refractivity contribution >= 4 is 5.91 Å². The van der Waals surface area contributed by atoms with Crippen LogP contribution in [0.1, 0.15) is 46.2 Å². The molecule has 1 aliphatic carbocycles. The van der Waals surface area contributed by atoms with E-state index in [-0.39, 0.29) is 17.8 Å². The fourth-order valence-corrected chi connectivity index (χ4v) is 3.97. The summed E-state index contributed by atoms with van der Waals surface area (Å²) in [4.78, 5) is 17.6. The van der Waals surface area contributed by atoms with Gasteiger partial charge >= 0.3 is 0 Å². The van der Waals surface area contributed by atoms with E-state index in [1.165, 1.54) is 11.1 Å². The zero-order chi connectivity index (χ0) is 20.5. The maximum atomic E-state index is 13.1. The fraction of sp³-hybridized carbons (Fsp3) is 0.208. The van der Waals surface area contributed by atoms with Gasteiger partial charge in [-0.1, -0.05) is 42.0 Å². The molecule has 1 amide bonds. The first-order valence-electron chi connectivity index (χ1n) is 10.2. The second-order valence-electron chi connectivity index (χ2n) is 7.60. The molecule has 2 aromatic carbocycles. The molecule has 6 nitrogen and oxygen atoms in total. The molecule has 1 aliphatic rings. The van der Waals surface area contributed by atoms with Gasteiger partial charge in [-0.2, -0.15) is 4.98 Å². The van der Waals surface area contributed by atoms with Crippen LogP contribution in [0.2, 0.25) is 0 Å². The third-order valence-electron chi connectivity index (χ3n) is 5.51. The highest BCUT2D eigenvalue weighted by Crippen LogP contribution is 2.30. The van der Waals surface area contributed by atoms with Crippen molar-refractivity contribution in [3.8, 4) is 17.3 Å². The summed E-state index contributed by atoms with van der Waals surface area (Å²) in [5.41, 5.74) is 4.44. The minimum Gasteiger partial charge on any atom is -0.461 e. The third-order valence-corrected chi connectivity index (χ3v) is 5.51. The first-order chi connectivity index (χ1) is 14.7. The van der Waals surface area contributed by atoms with Crippen molar-refractivity contribution in [2.75, 3.05) is 0 Å². The van der Waals surface area contributed by atoms with Gasteiger partial charge in [-0.05, 0) is 61.6 Å². The van der Waals surface area contributed by atoms with Gasteiger partial charge < -0.3 is 9.73 Å². The smallest absolute Gasteiger partial charge is 0.291 e. The highest BCUT2D eigenvalue weighted by molar-refractivity contribution is 5.91. The summed E-state index contributed by atoms with van der Waals surface area (Å²) in [5.74, 6) is 0.906. The largest absolute Gasteiger partial charge is 0.461 e. The number of fused-ring (bicyclic) bond motifs is 1. The monoisotopic (exact) mass is 398 g/mol. The molecule has 6 heteroatoms. The van der Waals surface area contributed by atoms with Gasteiger partial charge in [0.05, 0.1) is 18.0 Å². The lowest BCUT2D eigenvalue weighted by Gasteiger charge is -2.25. The van der Waals surface area contributed by atoms with Gasteiger partial charge in [0.1, 0.15) is 0 Å². The number of carbonyl (C=O) groups is 1. The van der Waals surface area contributed by atoms with E-state index in [0.29, 0.717) is 11.6 Å². The van der Waals surface area contributed by atoms with Crippen molar-refractivity contribution in [3.63, 3.8) is 0 Å². The number of aryl methyl sites for hydroxylation is 2. The molecule has 0 radical (unpaired) electrons. The molecule has 0 fully saturated rings. The topological polar surface area (TPSA) is 73.0 Å². The van der Waals surface area contributed by atoms with Crippen molar-refractivity contribution in [1.29, 1.82) is 0 Å². The Labute approximate surface area is 174 Å². The van der Waals surface area contributed by atoms with Gasteiger partial charge in [0.15, 0.2) is 11.6 Å². The predicted octanol–water partition coefficient (Wildman–Crippen LogP) is 4.64. The molecule has 30 heavy (non-hydrogen) atoms. The third kappa shape index (κ3) is 3.41. The molecule has 5 rings (SSSR count). The predicted molar refractivity (Wildman–Crippen MR) is 113 cm³/mol. The van der Waals surface area contributed by atoms with Crippen LogP contribution in [0.25, 0.3) is 17.3 Å². The van der Waals surface area contributed by atoms with Gasteiger partial charge in [-0.3, -0.25) is 4.79 Å². The summed E-state index contributed by atoms with van der Waals surface area (Å²) in [6, 6.07) is 19.8. The Balaban J connectivity index is 1.48. The lowest BCUT2D eigenvalue weighted by Crippen LogP contribution is -2.31. The Morgan fingerprint density at radius 3 is 2.73 bits per heavy atom. The zero-order valence-corrected chi connectivity index (χ0v) is 16.7. The minimum absolute atomic E-state index is 0.0270. The molecule has 0 saturated heterocycles. The lowest BCUT2D eigenvalue weighted by molar-refractivity contribution is 0.0922. The van der Waals surface area contributed by atoms with Crippen molar-refractivity contribution < 1.29 is 9.21 Å². The first-order valence-corrected chi connectivity index (χ1v) is 10.2. The number of furan rings is 1. The number of hydrogen-bond donors (Lipinski definition) is 1. The standard InChI is InChI=1S/C24H22N4O2/c1-16-11-13-18(14-12-16)28-23(21-10-5-15-30-21)26-22(27-28)24(29)25-20-9-4-7-17-6-2-3-8-19(17)20/h2-3,5-6,8,10-15,20H,4,7,9H2,1H3,(H,25,29)/t20-/m0/s1. The number of aromatic nitrogens is 3. The molecular formula is C24H22N4O2. The molecule has 2 aromatic heterocycles. The summed E-state index contributed by atoms with van der Waals surface area (Å²) < 4.78 is 7.19. The number of benzene rings is 2. The van der Waals surface area contributed by atoms with Crippen LogP contribution in [0, 0.1) is 6.92 Å². The number of amides is 1. The van der Waals surface area contributed by atoms with Crippen molar-refractivity contribution in [2.45, 2.75) is 32.2 Å². The van der Waals surface area contributed by atoms with E-state index in [9.17, 15) is 4.79 Å². The van der Waals surface area contributed by atoms with Crippen LogP contribution in [0.3, 0.4) is 0 Å². The number of nitrogens with one attached hydrogen (secondary N) is 1. The van der Waals surface area contributed by atoms with E-state index < -0.39 is 0 Å². The van der Waals surface area contributed by atoms with Crippen molar-refractivity contribution in [2.24, 2.45) is 0 Å². The molecule has 2 heterocycles. The number of carbonyl (C=O) groups excluding carboxylic acids is 1. The molecule has 0 saturated carbocycles. The van der Waals surface area contributed by atoms with Gasteiger partial charge in [-0.25, -0.2) is 4.68 Å². The Morgan fingerprint density at radius 2 is 1.93 bits per heavy atom. The Bertz CT molecular complexity index is 1180. The lowest BCUT2D eigenvalue weighted by atomic mass is 9.88. The van der Waals surface area contributed by atoms with Crippen LogP contribution in [0.15, 0.2) is 71.3 Å². The maximum absolute atomic E-state index is 13.1. The van der Waals surface area contributed by atoms with E-state index in [0.717, 1.165) is 30.5 Å². The quantitative estimate of drug-likeness (QED) is 0.543.